The fraction of sp³-hybridized carbons (Fsp3) is 0. The van der Waals surface area contributed by atoms with E-state index < -0.39 is 5.78 Å². The largest absolute Gasteiger partial charge is 0.294 e. The molecule has 1 aromatic carbocycles. The van der Waals surface area contributed by atoms with Crippen LogP contribution in [0.3, 0.4) is 0 Å². The van der Waals surface area contributed by atoms with Crippen molar-refractivity contribution in [2.75, 3.05) is 0 Å². The van der Waals surface area contributed by atoms with E-state index in [0.29, 0.717) is 17.4 Å². The predicted molar refractivity (Wildman–Crippen MR) is 52.1 cm³/mol. The van der Waals surface area contributed by atoms with Crippen LogP contribution in [0, 0.1) is 0 Å². The lowest BCUT2D eigenvalue weighted by molar-refractivity contribution is -0.104. The molecular formula is C11H7NO2. The molecule has 0 amide bonds. The van der Waals surface area contributed by atoms with Gasteiger partial charge in [0, 0.05) is 11.6 Å². The number of pyridine rings is 1. The van der Waals surface area contributed by atoms with E-state index in [1.165, 1.54) is 0 Å². The molecule has 0 bridgehead atoms. The number of aldehydes is 1. The van der Waals surface area contributed by atoms with Gasteiger partial charge in [-0.1, -0.05) is 18.2 Å². The van der Waals surface area contributed by atoms with E-state index in [4.69, 9.17) is 0 Å². The second-order valence-electron chi connectivity index (χ2n) is 2.86. The maximum absolute atomic E-state index is 11.2. The van der Waals surface area contributed by atoms with Gasteiger partial charge in [-0.25, -0.2) is 0 Å². The number of hydrogen-bond donors (Lipinski definition) is 0. The maximum Gasteiger partial charge on any atom is 0.227 e. The van der Waals surface area contributed by atoms with Gasteiger partial charge in [-0.2, -0.15) is 0 Å². The highest BCUT2D eigenvalue weighted by atomic mass is 16.2. The minimum Gasteiger partial charge on any atom is -0.294 e. The first-order valence-corrected chi connectivity index (χ1v) is 4.16. The Hall–Kier alpha value is -2.03. The summed E-state index contributed by atoms with van der Waals surface area (Å²) in [5, 5.41) is 0.861. The molecule has 3 heteroatoms. The van der Waals surface area contributed by atoms with Gasteiger partial charge in [0.1, 0.15) is 0 Å². The van der Waals surface area contributed by atoms with Crippen LogP contribution >= 0.6 is 0 Å². The summed E-state index contributed by atoms with van der Waals surface area (Å²) in [5.74, 6) is -0.533. The zero-order valence-corrected chi connectivity index (χ0v) is 7.31. The summed E-state index contributed by atoms with van der Waals surface area (Å²) in [6.07, 6.45) is 1.91. The molecule has 0 aliphatic carbocycles. The van der Waals surface area contributed by atoms with Crippen LogP contribution in [0.4, 0.5) is 0 Å². The van der Waals surface area contributed by atoms with Crippen molar-refractivity contribution in [3.05, 3.63) is 42.1 Å². The van der Waals surface area contributed by atoms with E-state index >= 15 is 0 Å². The average molecular weight is 185 g/mol. The number of para-hydroxylation sites is 1. The fourth-order valence-electron chi connectivity index (χ4n) is 1.37. The zero-order valence-electron chi connectivity index (χ0n) is 7.31. The molecule has 2 rings (SSSR count). The van der Waals surface area contributed by atoms with Crippen molar-refractivity contribution in [1.29, 1.82) is 0 Å². The Balaban J connectivity index is 2.77. The number of hydrogen-bond acceptors (Lipinski definition) is 3. The Morgan fingerprint density at radius 2 is 2.00 bits per heavy atom. The summed E-state index contributed by atoms with van der Waals surface area (Å²) < 4.78 is 0. The predicted octanol–water partition coefficient (Wildman–Crippen LogP) is 1.62. The van der Waals surface area contributed by atoms with Gasteiger partial charge >= 0.3 is 0 Å². The van der Waals surface area contributed by atoms with E-state index in [1.54, 1.807) is 24.4 Å². The highest BCUT2D eigenvalue weighted by Crippen LogP contribution is 2.15. The second-order valence-corrected chi connectivity index (χ2v) is 2.86. The van der Waals surface area contributed by atoms with Crippen LogP contribution in [-0.2, 0) is 4.79 Å². The highest BCUT2D eigenvalue weighted by Gasteiger charge is 2.08. The summed E-state index contributed by atoms with van der Waals surface area (Å²) in [6.45, 7) is 0. The number of carbonyl (C=O) groups excluding carboxylic acids is 2. The molecule has 0 atom stereocenters. The van der Waals surface area contributed by atoms with Crippen molar-refractivity contribution in [2.24, 2.45) is 0 Å². The van der Waals surface area contributed by atoms with E-state index in [0.717, 1.165) is 5.39 Å². The molecule has 3 nitrogen and oxygen atoms in total. The first-order valence-electron chi connectivity index (χ1n) is 4.16. The van der Waals surface area contributed by atoms with E-state index in [1.807, 2.05) is 12.1 Å². The minimum atomic E-state index is -0.533. The number of rotatable bonds is 2. The number of nitrogens with zero attached hydrogens (tertiary/aromatic N) is 1. The summed E-state index contributed by atoms with van der Waals surface area (Å²) in [4.78, 5) is 25.7. The third-order valence-electron chi connectivity index (χ3n) is 2.01. The Bertz CT molecular complexity index is 500. The molecule has 1 heterocycles. The van der Waals surface area contributed by atoms with E-state index in [2.05, 4.69) is 4.98 Å². The molecule has 2 aromatic rings. The molecule has 0 aliphatic rings. The lowest BCUT2D eigenvalue weighted by atomic mass is 10.1. The van der Waals surface area contributed by atoms with Crippen molar-refractivity contribution in [2.45, 2.75) is 0 Å². The standard InChI is InChI=1S/C11H7NO2/c13-7-10(14)9-5-1-3-8-4-2-6-12-11(8)9/h1-7H. The Kier molecular flexibility index (Phi) is 2.07. The van der Waals surface area contributed by atoms with Crippen LogP contribution in [0.25, 0.3) is 10.9 Å². The normalized spacial score (nSPS) is 10.0. The Morgan fingerprint density at radius 1 is 1.21 bits per heavy atom. The van der Waals surface area contributed by atoms with Crippen LogP contribution in [-0.4, -0.2) is 17.1 Å². The Morgan fingerprint density at radius 3 is 2.79 bits per heavy atom. The number of ketones is 1. The lowest BCUT2D eigenvalue weighted by Gasteiger charge is -1.99. The van der Waals surface area contributed by atoms with Crippen LogP contribution < -0.4 is 0 Å². The third kappa shape index (κ3) is 1.29. The molecule has 0 saturated heterocycles. The monoisotopic (exact) mass is 185 g/mol. The van der Waals surface area contributed by atoms with Gasteiger partial charge in [-0.05, 0) is 12.1 Å². The smallest absolute Gasteiger partial charge is 0.227 e. The van der Waals surface area contributed by atoms with Crippen LogP contribution in [0.5, 0.6) is 0 Å². The molecule has 0 radical (unpaired) electrons. The van der Waals surface area contributed by atoms with Gasteiger partial charge in [-0.15, -0.1) is 0 Å². The maximum atomic E-state index is 11.2. The quantitative estimate of drug-likeness (QED) is 0.405. The van der Waals surface area contributed by atoms with Crippen molar-refractivity contribution in [3.8, 4) is 0 Å². The average Bonchev–Trinajstić information content (AvgIpc) is 2.27. The molecule has 14 heavy (non-hydrogen) atoms. The molecule has 0 fully saturated rings. The number of benzene rings is 1. The fourth-order valence-corrected chi connectivity index (χ4v) is 1.37. The highest BCUT2D eigenvalue weighted by molar-refractivity contribution is 6.35. The van der Waals surface area contributed by atoms with Gasteiger partial charge < -0.3 is 0 Å². The summed E-state index contributed by atoms with van der Waals surface area (Å²) in [6, 6.07) is 8.83. The summed E-state index contributed by atoms with van der Waals surface area (Å²) in [5.41, 5.74) is 0.935. The zero-order chi connectivity index (χ0) is 9.97. The number of carbonyl (C=O) groups is 2. The minimum absolute atomic E-state index is 0.309. The van der Waals surface area contributed by atoms with Crippen LogP contribution in [0.2, 0.25) is 0 Å². The van der Waals surface area contributed by atoms with Crippen LogP contribution in [0.1, 0.15) is 10.4 Å². The summed E-state index contributed by atoms with van der Waals surface area (Å²) in [7, 11) is 0. The van der Waals surface area contributed by atoms with E-state index in [-0.39, 0.29) is 0 Å². The van der Waals surface area contributed by atoms with Crippen molar-refractivity contribution in [3.63, 3.8) is 0 Å². The second kappa shape index (κ2) is 3.38. The SMILES string of the molecule is O=CC(=O)c1cccc2cccnc12. The molecule has 0 saturated carbocycles. The first-order chi connectivity index (χ1) is 6.83. The molecular weight excluding hydrogens is 178 g/mol. The topological polar surface area (TPSA) is 47.0 Å². The van der Waals surface area contributed by atoms with Crippen molar-refractivity contribution in [1.82, 2.24) is 4.98 Å². The first kappa shape index (κ1) is 8.56. The van der Waals surface area contributed by atoms with Gasteiger partial charge in [0.25, 0.3) is 0 Å². The Labute approximate surface area is 80.4 Å². The molecule has 0 aliphatic heterocycles. The molecule has 0 spiro atoms. The molecule has 68 valence electrons. The number of fused-ring (bicyclic) bond motifs is 1. The molecule has 0 N–H and O–H groups in total. The van der Waals surface area contributed by atoms with E-state index in [9.17, 15) is 9.59 Å². The number of Topliss-reactive ketones (excluding diaryl/α,β-unsaturated/α-hetero) is 1. The van der Waals surface area contributed by atoms with Gasteiger partial charge in [0.15, 0.2) is 6.29 Å². The number of aromatic nitrogens is 1. The molecule has 0 unspecified atom stereocenters. The third-order valence-corrected chi connectivity index (χ3v) is 2.01. The van der Waals surface area contributed by atoms with Crippen LogP contribution in [0.15, 0.2) is 36.5 Å². The van der Waals surface area contributed by atoms with Crippen molar-refractivity contribution >= 4 is 23.0 Å². The van der Waals surface area contributed by atoms with Gasteiger partial charge in [0.2, 0.25) is 5.78 Å². The summed E-state index contributed by atoms with van der Waals surface area (Å²) >= 11 is 0. The van der Waals surface area contributed by atoms with Gasteiger partial charge in [0.05, 0.1) is 11.1 Å². The van der Waals surface area contributed by atoms with Crippen molar-refractivity contribution < 1.29 is 9.59 Å². The van der Waals surface area contributed by atoms with Gasteiger partial charge in [-0.3, -0.25) is 14.6 Å². The molecule has 1 aromatic heterocycles. The lowest BCUT2D eigenvalue weighted by Crippen LogP contribution is -2.01.